The van der Waals surface area contributed by atoms with Gasteiger partial charge in [0.1, 0.15) is 23.2 Å². The predicted octanol–water partition coefficient (Wildman–Crippen LogP) is 9.99. The summed E-state index contributed by atoms with van der Waals surface area (Å²) in [5.41, 5.74) is 13.2. The first-order valence-corrected chi connectivity index (χ1v) is 25.6. The Kier molecular flexibility index (Phi) is 20.9. The number of aldehydes is 2. The number of H-pyrrole nitrogens is 3. The van der Waals surface area contributed by atoms with Crippen molar-refractivity contribution >= 4 is 164 Å². The number of alkyl halides is 2. The molecule has 0 aliphatic carbocycles. The molecule has 19 nitrogen and oxygen atoms in total. The van der Waals surface area contributed by atoms with Crippen molar-refractivity contribution in [1.29, 1.82) is 0 Å². The lowest BCUT2D eigenvalue weighted by Gasteiger charge is -2.14. The fourth-order valence-electron chi connectivity index (χ4n) is 6.51. The summed E-state index contributed by atoms with van der Waals surface area (Å²) in [5.74, 6) is -0.0118. The molecular formula is C43H42Br6F2N16O3. The van der Waals surface area contributed by atoms with E-state index >= 15 is 0 Å². The molecule has 27 heteroatoms. The molecule has 1 saturated heterocycles. The van der Waals surface area contributed by atoms with Gasteiger partial charge in [0.15, 0.2) is 22.6 Å². The van der Waals surface area contributed by atoms with Crippen LogP contribution < -0.4 is 5.73 Å². The molecule has 1 amide bonds. The zero-order chi connectivity index (χ0) is 51.2. The van der Waals surface area contributed by atoms with Crippen molar-refractivity contribution < 1.29 is 23.2 Å². The normalized spacial score (nSPS) is 12.8. The van der Waals surface area contributed by atoms with E-state index in [0.29, 0.717) is 30.6 Å². The maximum Gasteiger partial charge on any atom is 0.266 e. The molecule has 1 fully saturated rings. The Morgan fingerprint density at radius 2 is 1.29 bits per heavy atom. The summed E-state index contributed by atoms with van der Waals surface area (Å²) in [6.07, 6.45) is 7.20. The van der Waals surface area contributed by atoms with Crippen LogP contribution in [-0.4, -0.2) is 105 Å². The summed E-state index contributed by atoms with van der Waals surface area (Å²) in [7, 11) is 3.80. The van der Waals surface area contributed by atoms with Crippen LogP contribution in [0.5, 0.6) is 0 Å². The lowest BCUT2D eigenvalue weighted by atomic mass is 10.1. The van der Waals surface area contributed by atoms with E-state index in [9.17, 15) is 23.2 Å². The molecule has 0 bridgehead atoms. The maximum atomic E-state index is 12.3. The molecule has 0 aromatic carbocycles. The molecule has 5 N–H and O–H groups in total. The molecule has 0 spiro atoms. The summed E-state index contributed by atoms with van der Waals surface area (Å²) < 4.78 is 31.9. The molecule has 10 heterocycles. The van der Waals surface area contributed by atoms with Crippen molar-refractivity contribution in [2.45, 2.75) is 43.9 Å². The number of likely N-dealkylation sites (tertiary alicyclic amines) is 1. The topological polar surface area (TPSA) is 254 Å². The van der Waals surface area contributed by atoms with Crippen LogP contribution in [0.1, 0.15) is 34.9 Å². The van der Waals surface area contributed by atoms with E-state index in [1.54, 1.807) is 45.1 Å². The SMILES string of the molecule is Cc1[nH]nc2ncc(Br)cc12.Cc1cc(N)n[nH]1.Cc1nn(C)c2ncc(Br)cc12.Cn1nc(CBr)c2cc(Br)cnc21.O=C1CC(C=C(F)F)CN1Cc1[nH]nc2ncc(Br)cc12.O=CC(Br)C=O. The Labute approximate surface area is 448 Å². The summed E-state index contributed by atoms with van der Waals surface area (Å²) in [6.45, 7) is 6.47. The van der Waals surface area contributed by atoms with Gasteiger partial charge in [0, 0.05) is 120 Å². The first kappa shape index (κ1) is 55.7. The molecule has 70 heavy (non-hydrogen) atoms. The van der Waals surface area contributed by atoms with Gasteiger partial charge in [-0.15, -0.1) is 0 Å². The van der Waals surface area contributed by atoms with Gasteiger partial charge < -0.3 is 20.2 Å². The minimum atomic E-state index is -1.74. The highest BCUT2D eigenvalue weighted by atomic mass is 79.9. The number of aryl methyl sites for hydroxylation is 5. The largest absolute Gasteiger partial charge is 0.382 e. The number of fused-ring (bicyclic) bond motifs is 4. The number of aromatic nitrogens is 14. The Bertz CT molecular complexity index is 3240. The standard InChI is InChI=1S/C13H11BrF2N4O.C8H7Br2N3.C8H8BrN3.C7H6BrN3.C4H7N3.C3H3BrO2/c14-8-3-9-10(18-19-13(9)17-4-8)6-20-5-7(1-11(15)16)2-12(20)21;1-13-8-6(7(3-9)12-13)2-5(10)4-11-8;1-5-7-3-6(9)4-10-8(7)12(2)11-5;1-4-6-2-5(8)3-9-7(6)11-10-4;1-3-2-4(5)7-6-3;4-3(1-5)2-6/h1,3-4,7H,2,5-6H2,(H,17,18,19);2,4H,3H2,1H3;3-4H,1-2H3;2-3H,1H3,(H,9,10,11);2H,1H3,(H3,5,6,7);1-3H. The molecule has 1 aliphatic heterocycles. The Morgan fingerprint density at radius 3 is 1.81 bits per heavy atom. The second-order valence-corrected chi connectivity index (χ2v) is 20.2. The number of carbonyl (C=O) groups excluding carboxylic acids is 3. The highest BCUT2D eigenvalue weighted by Gasteiger charge is 2.29. The van der Waals surface area contributed by atoms with E-state index in [2.05, 4.69) is 156 Å². The fourth-order valence-corrected chi connectivity index (χ4v) is 8.25. The third-order valence-corrected chi connectivity index (χ3v) is 12.3. The van der Waals surface area contributed by atoms with Crippen LogP contribution in [0.3, 0.4) is 0 Å². The number of rotatable bonds is 6. The summed E-state index contributed by atoms with van der Waals surface area (Å²) in [6, 6.07) is 9.71. The van der Waals surface area contributed by atoms with Crippen molar-refractivity contribution in [2.75, 3.05) is 12.3 Å². The van der Waals surface area contributed by atoms with Crippen LogP contribution in [0.25, 0.3) is 44.1 Å². The molecule has 0 saturated carbocycles. The van der Waals surface area contributed by atoms with Crippen LogP contribution in [-0.2, 0) is 40.4 Å². The van der Waals surface area contributed by atoms with Gasteiger partial charge in [0.05, 0.1) is 23.6 Å². The van der Waals surface area contributed by atoms with Crippen molar-refractivity contribution in [3.05, 3.63) is 114 Å². The molecule has 0 radical (unpaired) electrons. The van der Waals surface area contributed by atoms with Gasteiger partial charge in [0.25, 0.3) is 6.08 Å². The number of hydrogen-bond donors (Lipinski definition) is 4. The minimum absolute atomic E-state index is 0.116. The number of aromatic amines is 3. The van der Waals surface area contributed by atoms with Crippen molar-refractivity contribution in [3.63, 3.8) is 0 Å². The second-order valence-electron chi connectivity index (χ2n) is 14.9. The molecule has 1 aliphatic rings. The van der Waals surface area contributed by atoms with Gasteiger partial charge in [-0.25, -0.2) is 19.9 Å². The van der Waals surface area contributed by atoms with Gasteiger partial charge in [-0.05, 0) is 115 Å². The Morgan fingerprint density at radius 1 is 0.757 bits per heavy atom. The van der Waals surface area contributed by atoms with E-state index in [-0.39, 0.29) is 18.9 Å². The summed E-state index contributed by atoms with van der Waals surface area (Å²) in [4.78, 5) is 48.5. The third-order valence-electron chi connectivity index (χ3n) is 9.64. The van der Waals surface area contributed by atoms with Gasteiger partial charge >= 0.3 is 0 Å². The number of hydrogen-bond acceptors (Lipinski definition) is 13. The van der Waals surface area contributed by atoms with E-state index in [4.69, 9.17) is 5.73 Å². The van der Waals surface area contributed by atoms with Gasteiger partial charge in [0.2, 0.25) is 5.91 Å². The van der Waals surface area contributed by atoms with Crippen molar-refractivity contribution in [1.82, 2.24) is 75.0 Å². The number of nitrogens with one attached hydrogen (secondary N) is 3. The number of halogens is 8. The van der Waals surface area contributed by atoms with Crippen LogP contribution in [0.2, 0.25) is 0 Å². The predicted molar refractivity (Wildman–Crippen MR) is 284 cm³/mol. The van der Waals surface area contributed by atoms with Crippen molar-refractivity contribution in [3.8, 4) is 0 Å². The Balaban J connectivity index is 0.000000164. The zero-order valence-electron chi connectivity index (χ0n) is 37.6. The average molecular weight is 1350 g/mol. The number of nitrogens with two attached hydrogens (primary N) is 1. The quantitative estimate of drug-likeness (QED) is 0.0688. The van der Waals surface area contributed by atoms with E-state index < -0.39 is 16.8 Å². The monoisotopic (exact) mass is 1340 g/mol. The number of amides is 1. The van der Waals surface area contributed by atoms with Crippen LogP contribution in [0, 0.1) is 26.7 Å². The number of nitrogen functional groups attached to an aromatic ring is 1. The number of pyridine rings is 4. The summed E-state index contributed by atoms with van der Waals surface area (Å²) in [5, 5.41) is 33.6. The number of anilines is 1. The van der Waals surface area contributed by atoms with Gasteiger partial charge in [-0.1, -0.05) is 31.9 Å². The first-order chi connectivity index (χ1) is 33.3. The molecule has 10 rings (SSSR count). The fraction of sp³-hybridized carbons (Fsp3) is 0.256. The third kappa shape index (κ3) is 15.6. The second kappa shape index (κ2) is 26.3. The van der Waals surface area contributed by atoms with Gasteiger partial charge in [-0.3, -0.25) is 29.5 Å². The first-order valence-electron chi connectivity index (χ1n) is 20.4. The maximum absolute atomic E-state index is 12.3. The van der Waals surface area contributed by atoms with Crippen LogP contribution >= 0.6 is 95.6 Å². The highest BCUT2D eigenvalue weighted by molar-refractivity contribution is 9.11. The Hall–Kier alpha value is -5.22. The molecule has 9 aromatic heterocycles. The van der Waals surface area contributed by atoms with E-state index in [1.807, 2.05) is 59.1 Å². The van der Waals surface area contributed by atoms with E-state index in [0.717, 1.165) is 96.3 Å². The highest BCUT2D eigenvalue weighted by Crippen LogP contribution is 2.26. The molecule has 1 unspecified atom stereocenters. The molecular weight excluding hydrogens is 1310 g/mol. The summed E-state index contributed by atoms with van der Waals surface area (Å²) >= 11 is 19.6. The average Bonchev–Trinajstić information content (AvgIpc) is 4.19. The molecule has 368 valence electrons. The zero-order valence-corrected chi connectivity index (χ0v) is 47.1. The lowest BCUT2D eigenvalue weighted by molar-refractivity contribution is -0.128. The number of nitrogens with zero attached hydrogens (tertiary/aromatic N) is 12. The van der Waals surface area contributed by atoms with Crippen molar-refractivity contribution in [2.24, 2.45) is 20.0 Å². The smallest absolute Gasteiger partial charge is 0.266 e. The number of carbonyl (C=O) groups is 3. The van der Waals surface area contributed by atoms with Crippen LogP contribution in [0.15, 0.2) is 85.2 Å². The van der Waals surface area contributed by atoms with E-state index in [1.165, 1.54) is 0 Å². The lowest BCUT2D eigenvalue weighted by Crippen LogP contribution is -2.24. The molecule has 9 aromatic rings. The minimum Gasteiger partial charge on any atom is -0.382 e. The van der Waals surface area contributed by atoms with Crippen LogP contribution in [0.4, 0.5) is 14.6 Å². The molecule has 1 atom stereocenters. The van der Waals surface area contributed by atoms with Gasteiger partial charge in [-0.2, -0.15) is 34.3 Å².